The van der Waals surface area contributed by atoms with Gasteiger partial charge in [0.15, 0.2) is 0 Å². The molecule has 0 aliphatic heterocycles. The summed E-state index contributed by atoms with van der Waals surface area (Å²) in [7, 11) is 0. The number of alkyl halides is 1. The van der Waals surface area contributed by atoms with Crippen LogP contribution in [0.3, 0.4) is 0 Å². The van der Waals surface area contributed by atoms with Gasteiger partial charge in [-0.1, -0.05) is 30.3 Å². The van der Waals surface area contributed by atoms with Crippen LogP contribution in [0.2, 0.25) is 0 Å². The number of hydrogen-bond donors (Lipinski definition) is 2. The lowest BCUT2D eigenvalue weighted by Crippen LogP contribution is -2.41. The average Bonchev–Trinajstić information content (AvgIpc) is 3.43. The Hall–Kier alpha value is -3.37. The number of nitrogens with two attached hydrogens (primary N) is 1. The van der Waals surface area contributed by atoms with Gasteiger partial charge in [-0.25, -0.2) is 4.39 Å². The van der Waals surface area contributed by atoms with Crippen molar-refractivity contribution in [3.63, 3.8) is 0 Å². The van der Waals surface area contributed by atoms with Gasteiger partial charge in [-0.3, -0.25) is 4.79 Å². The highest BCUT2D eigenvalue weighted by molar-refractivity contribution is 7.90. The van der Waals surface area contributed by atoms with Crippen molar-refractivity contribution in [1.82, 2.24) is 4.72 Å². The molecule has 1 aromatic heterocycles. The molecule has 0 aliphatic carbocycles. The van der Waals surface area contributed by atoms with Gasteiger partial charge in [-0.05, 0) is 80.3 Å². The Balaban J connectivity index is 1.63. The Bertz CT molecular complexity index is 1480. The van der Waals surface area contributed by atoms with Crippen molar-refractivity contribution in [3.05, 3.63) is 89.2 Å². The number of fused-ring (bicyclic) bond motifs is 1. The normalized spacial score (nSPS) is 13.2. The number of esters is 1. The number of ether oxygens (including phenoxy) is 2. The summed E-state index contributed by atoms with van der Waals surface area (Å²) in [4.78, 5) is 12.2. The van der Waals surface area contributed by atoms with Crippen LogP contribution >= 0.6 is 0 Å². The molecule has 0 saturated heterocycles. The summed E-state index contributed by atoms with van der Waals surface area (Å²) in [5, 5.41) is 0.892. The number of nitrogens with one attached hydrogen (secondary N) is 1. The quantitative estimate of drug-likeness (QED) is 0.149. The van der Waals surface area contributed by atoms with Crippen molar-refractivity contribution in [2.24, 2.45) is 5.73 Å². The van der Waals surface area contributed by atoms with Crippen LogP contribution in [0.5, 0.6) is 5.75 Å². The van der Waals surface area contributed by atoms with Crippen molar-refractivity contribution in [3.8, 4) is 16.9 Å². The minimum absolute atomic E-state index is 0.0939. The van der Waals surface area contributed by atoms with Crippen LogP contribution in [0.15, 0.2) is 71.3 Å². The summed E-state index contributed by atoms with van der Waals surface area (Å²) in [5.74, 6) is 0.243. The Morgan fingerprint density at radius 2 is 1.93 bits per heavy atom. The van der Waals surface area contributed by atoms with Crippen LogP contribution in [0, 0.1) is 0 Å². The Morgan fingerprint density at radius 1 is 1.12 bits per heavy atom. The van der Waals surface area contributed by atoms with Crippen LogP contribution in [-0.4, -0.2) is 28.6 Å². The summed E-state index contributed by atoms with van der Waals surface area (Å²) in [6, 6.07) is 18.2. The van der Waals surface area contributed by atoms with E-state index in [1.165, 1.54) is 0 Å². The summed E-state index contributed by atoms with van der Waals surface area (Å²) in [6.45, 7) is 7.48. The highest BCUT2D eigenvalue weighted by Crippen LogP contribution is 2.34. The molecule has 0 aliphatic rings. The summed E-state index contributed by atoms with van der Waals surface area (Å²) < 4.78 is 46.3. The van der Waals surface area contributed by atoms with E-state index < -0.39 is 28.8 Å². The molecule has 0 fully saturated rings. The molecule has 3 aromatic carbocycles. The second-order valence-electron chi connectivity index (χ2n) is 10.7. The van der Waals surface area contributed by atoms with Crippen LogP contribution in [0.25, 0.3) is 22.1 Å². The van der Waals surface area contributed by atoms with Gasteiger partial charge in [0.25, 0.3) is 0 Å². The van der Waals surface area contributed by atoms with E-state index >= 15 is 0 Å². The zero-order valence-corrected chi connectivity index (χ0v) is 24.7. The van der Waals surface area contributed by atoms with E-state index in [1.54, 1.807) is 13.2 Å². The first-order valence-electron chi connectivity index (χ1n) is 13.6. The molecular weight excluding hydrogens is 543 g/mol. The van der Waals surface area contributed by atoms with Gasteiger partial charge in [0, 0.05) is 34.4 Å². The van der Waals surface area contributed by atoms with E-state index in [0.29, 0.717) is 30.0 Å². The van der Waals surface area contributed by atoms with E-state index in [9.17, 15) is 13.7 Å². The van der Waals surface area contributed by atoms with Crippen molar-refractivity contribution >= 4 is 28.3 Å². The second kappa shape index (κ2) is 13.5. The molecule has 1 heterocycles. The molecule has 0 radical (unpaired) electrons. The number of hydrogen-bond acceptors (Lipinski definition) is 7. The average molecular weight is 581 g/mol. The maximum absolute atomic E-state index is 14.1. The van der Waals surface area contributed by atoms with E-state index in [-0.39, 0.29) is 19.0 Å². The molecule has 41 heavy (non-hydrogen) atoms. The number of furan rings is 1. The highest BCUT2D eigenvalue weighted by atomic mass is 32.2. The molecule has 2 atom stereocenters. The predicted octanol–water partition coefficient (Wildman–Crippen LogP) is 6.31. The molecule has 218 valence electrons. The fraction of sp³-hybridized carbons (Fsp3) is 0.344. The van der Waals surface area contributed by atoms with E-state index in [4.69, 9.17) is 19.6 Å². The fourth-order valence-electron chi connectivity index (χ4n) is 4.39. The molecule has 7 nitrogen and oxygen atoms in total. The monoisotopic (exact) mass is 580 g/mol. The zero-order valence-electron chi connectivity index (χ0n) is 23.9. The van der Waals surface area contributed by atoms with Crippen molar-refractivity contribution < 1.29 is 27.6 Å². The van der Waals surface area contributed by atoms with Crippen molar-refractivity contribution in [2.45, 2.75) is 58.1 Å². The number of carbonyl (C=O) groups is 1. The maximum atomic E-state index is 14.1. The van der Waals surface area contributed by atoms with E-state index in [2.05, 4.69) is 4.72 Å². The minimum Gasteiger partial charge on any atom is -0.598 e. The molecule has 4 aromatic rings. The third kappa shape index (κ3) is 7.68. The van der Waals surface area contributed by atoms with Crippen LogP contribution in [-0.2, 0) is 40.5 Å². The first-order chi connectivity index (χ1) is 19.6. The lowest BCUT2D eigenvalue weighted by Gasteiger charge is -2.27. The molecule has 3 N–H and O–H groups in total. The fourth-order valence-corrected chi connectivity index (χ4v) is 5.21. The number of benzene rings is 3. The lowest BCUT2D eigenvalue weighted by atomic mass is 9.97. The first kappa shape index (κ1) is 30.6. The lowest BCUT2D eigenvalue weighted by molar-refractivity contribution is -0.142. The van der Waals surface area contributed by atoms with Crippen molar-refractivity contribution in [1.29, 1.82) is 0 Å². The minimum atomic E-state index is -1.43. The summed E-state index contributed by atoms with van der Waals surface area (Å²) >= 11 is -1.43. The van der Waals surface area contributed by atoms with Crippen LogP contribution in [0.4, 0.5) is 4.39 Å². The Kier molecular flexibility index (Phi) is 10.1. The standard InChI is InChI=1S/C32H37FN2O5S/c1-5-38-30(36)17-25-10-9-21(19-34)15-29(25)40-20-22-13-26-11-12-39-31(26)27(14-22)23-7-6-8-24(16-23)28(18-33)35-41(37)32(2,3)4/h6-16,28,35H,5,17-20,34H2,1-4H3/t28-,41+/m0/s1. The Labute approximate surface area is 243 Å². The summed E-state index contributed by atoms with van der Waals surface area (Å²) in [5.41, 5.74) is 11.4. The number of halogens is 1. The van der Waals surface area contributed by atoms with Gasteiger partial charge in [0.1, 0.15) is 35.4 Å². The van der Waals surface area contributed by atoms with Crippen LogP contribution < -0.4 is 15.2 Å². The van der Waals surface area contributed by atoms with Gasteiger partial charge in [0.05, 0.1) is 19.3 Å². The highest BCUT2D eigenvalue weighted by Gasteiger charge is 2.30. The molecule has 0 saturated carbocycles. The maximum Gasteiger partial charge on any atom is 0.310 e. The molecule has 0 amide bonds. The topological polar surface area (TPSA) is 110 Å². The van der Waals surface area contributed by atoms with Gasteiger partial charge in [-0.15, -0.1) is 4.72 Å². The van der Waals surface area contributed by atoms with E-state index in [1.807, 2.05) is 81.4 Å². The smallest absolute Gasteiger partial charge is 0.310 e. The third-order valence-corrected chi connectivity index (χ3v) is 8.18. The number of carbonyl (C=O) groups excluding carboxylic acids is 1. The summed E-state index contributed by atoms with van der Waals surface area (Å²) in [6.07, 6.45) is 1.72. The van der Waals surface area contributed by atoms with E-state index in [0.717, 1.165) is 33.2 Å². The molecule has 4 rings (SSSR count). The number of rotatable bonds is 12. The second-order valence-corrected chi connectivity index (χ2v) is 12.7. The molecule has 0 unspecified atom stereocenters. The van der Waals surface area contributed by atoms with Crippen LogP contribution in [0.1, 0.15) is 56.0 Å². The van der Waals surface area contributed by atoms with Gasteiger partial charge < -0.3 is 24.2 Å². The molecule has 0 bridgehead atoms. The molecular formula is C32H37FN2O5S. The predicted molar refractivity (Wildman–Crippen MR) is 160 cm³/mol. The van der Waals surface area contributed by atoms with Crippen molar-refractivity contribution in [2.75, 3.05) is 13.3 Å². The van der Waals surface area contributed by atoms with Gasteiger partial charge in [-0.2, -0.15) is 0 Å². The molecule has 9 heteroatoms. The SMILES string of the molecule is CCOC(=O)Cc1ccc(CN)cc1OCc1cc(-c2cccc([C@H](CF)N[S@+]([O-])C(C)(C)C)c2)c2occc2c1. The van der Waals surface area contributed by atoms with Gasteiger partial charge in [0.2, 0.25) is 0 Å². The molecule has 0 spiro atoms. The third-order valence-electron chi connectivity index (χ3n) is 6.57. The van der Waals surface area contributed by atoms with Gasteiger partial charge >= 0.3 is 5.97 Å². The largest absolute Gasteiger partial charge is 0.598 e. The first-order valence-corrected chi connectivity index (χ1v) is 14.7. The Morgan fingerprint density at radius 3 is 2.63 bits per heavy atom. The zero-order chi connectivity index (χ0) is 29.6.